The van der Waals surface area contributed by atoms with Gasteiger partial charge in [-0.3, -0.25) is 19.2 Å². The van der Waals surface area contributed by atoms with Crippen LogP contribution in [0, 0.1) is 22.7 Å². The third kappa shape index (κ3) is 13.2. The molecule has 2 aliphatic heterocycles. The number of amides is 4. The maximum absolute atomic E-state index is 13.5. The van der Waals surface area contributed by atoms with Crippen LogP contribution in [0.15, 0.2) is 103 Å². The Morgan fingerprint density at radius 1 is 0.618 bits per heavy atom. The number of benzene rings is 4. The summed E-state index contributed by atoms with van der Waals surface area (Å²) in [5.74, 6) is -1.98. The second kappa shape index (κ2) is 22.9. The summed E-state index contributed by atoms with van der Waals surface area (Å²) in [4.78, 5) is 80.2. The van der Waals surface area contributed by atoms with Gasteiger partial charge in [0.05, 0.1) is 25.3 Å². The third-order valence-electron chi connectivity index (χ3n) is 12.6. The van der Waals surface area contributed by atoms with Gasteiger partial charge in [0.25, 0.3) is 11.8 Å². The molecule has 68 heavy (non-hydrogen) atoms. The molecule has 0 aromatic heterocycles. The van der Waals surface area contributed by atoms with E-state index in [-0.39, 0.29) is 45.6 Å². The standard InChI is InChI=1S/C27H33ClN2O4.C27H31ClN2O4/c2*1-17(2)23(29-24(31)19-7-6-8-20(15-19)26(33)34-5)25(32)30-14-13-22(27(3,4)16-30)18-9-11-21(28)12-10-18/h6-12,15,17,22-23H,13-14,16H2,1-5H3,(H,29,31);6-13,15,17,23H,14,16H2,1-5H3,(H,29,31)/t22?,23-;23-/m11/s1. The van der Waals surface area contributed by atoms with Gasteiger partial charge in [-0.2, -0.15) is 0 Å². The number of esters is 2. The summed E-state index contributed by atoms with van der Waals surface area (Å²) in [7, 11) is 2.58. The monoisotopic (exact) mass is 966 g/mol. The molecular weight excluding hydrogens is 904 g/mol. The van der Waals surface area contributed by atoms with E-state index in [1.54, 1.807) is 41.3 Å². The van der Waals surface area contributed by atoms with Gasteiger partial charge in [-0.25, -0.2) is 9.59 Å². The van der Waals surface area contributed by atoms with Gasteiger partial charge in [-0.1, -0.05) is 121 Å². The zero-order chi connectivity index (χ0) is 50.1. The average molecular weight is 968 g/mol. The summed E-state index contributed by atoms with van der Waals surface area (Å²) >= 11 is 12.1. The molecule has 0 saturated carbocycles. The van der Waals surface area contributed by atoms with Gasteiger partial charge < -0.3 is 29.9 Å². The van der Waals surface area contributed by atoms with Crippen LogP contribution in [-0.2, 0) is 19.1 Å². The average Bonchev–Trinajstić information content (AvgIpc) is 3.31. The fraction of sp³-hybridized carbons (Fsp3) is 0.407. The summed E-state index contributed by atoms with van der Waals surface area (Å²) in [6, 6.07) is 26.8. The van der Waals surface area contributed by atoms with Crippen LogP contribution >= 0.6 is 23.2 Å². The zero-order valence-corrected chi connectivity index (χ0v) is 42.2. The van der Waals surface area contributed by atoms with Crippen LogP contribution in [-0.4, -0.2) is 97.8 Å². The summed E-state index contributed by atoms with van der Waals surface area (Å²) in [6.45, 7) is 18.4. The Kier molecular flexibility index (Phi) is 17.8. The molecule has 6 rings (SSSR count). The number of halogens is 2. The van der Waals surface area contributed by atoms with E-state index in [2.05, 4.69) is 56.5 Å². The molecule has 2 aliphatic rings. The first-order valence-corrected chi connectivity index (χ1v) is 23.6. The molecule has 12 nitrogen and oxygen atoms in total. The highest BCUT2D eigenvalue weighted by Crippen LogP contribution is 2.43. The zero-order valence-electron chi connectivity index (χ0n) is 40.7. The van der Waals surface area contributed by atoms with Crippen molar-refractivity contribution >= 4 is 64.3 Å². The Morgan fingerprint density at radius 2 is 1.06 bits per heavy atom. The number of rotatable bonds is 12. The van der Waals surface area contributed by atoms with Crippen LogP contribution in [0.5, 0.6) is 0 Å². The van der Waals surface area contributed by atoms with Crippen molar-refractivity contribution in [1.82, 2.24) is 20.4 Å². The molecule has 2 heterocycles. The second-order valence-electron chi connectivity index (χ2n) is 19.4. The number of hydrogen-bond donors (Lipinski definition) is 2. The van der Waals surface area contributed by atoms with Crippen LogP contribution in [0.2, 0.25) is 10.0 Å². The number of carbonyl (C=O) groups is 6. The molecule has 4 amide bonds. The Balaban J connectivity index is 0.000000254. The van der Waals surface area contributed by atoms with Crippen molar-refractivity contribution in [1.29, 1.82) is 0 Å². The normalized spacial score (nSPS) is 17.1. The molecule has 3 atom stereocenters. The largest absolute Gasteiger partial charge is 0.465 e. The van der Waals surface area contributed by atoms with E-state index in [1.165, 1.54) is 31.9 Å². The first kappa shape index (κ1) is 53.0. The maximum Gasteiger partial charge on any atom is 0.337 e. The molecule has 362 valence electrons. The van der Waals surface area contributed by atoms with Crippen molar-refractivity contribution in [2.24, 2.45) is 22.7 Å². The number of nitrogens with zero attached hydrogens (tertiary/aromatic N) is 2. The number of nitrogens with one attached hydrogen (secondary N) is 2. The topological polar surface area (TPSA) is 151 Å². The van der Waals surface area contributed by atoms with Crippen molar-refractivity contribution < 1.29 is 38.2 Å². The lowest BCUT2D eigenvalue weighted by Gasteiger charge is -2.45. The van der Waals surface area contributed by atoms with Crippen molar-refractivity contribution in [3.8, 4) is 0 Å². The Hall–Kier alpha value is -5.98. The lowest BCUT2D eigenvalue weighted by molar-refractivity contribution is -0.138. The lowest BCUT2D eigenvalue weighted by Crippen LogP contribution is -2.55. The fourth-order valence-corrected chi connectivity index (χ4v) is 9.20. The van der Waals surface area contributed by atoms with Crippen LogP contribution in [0.25, 0.3) is 5.57 Å². The number of piperidine rings is 1. The summed E-state index contributed by atoms with van der Waals surface area (Å²) in [6.07, 6.45) is 2.91. The molecule has 0 radical (unpaired) electrons. The van der Waals surface area contributed by atoms with E-state index in [9.17, 15) is 28.8 Å². The van der Waals surface area contributed by atoms with Crippen LogP contribution < -0.4 is 10.6 Å². The minimum absolute atomic E-state index is 0.0879. The molecule has 4 aromatic rings. The van der Waals surface area contributed by atoms with E-state index in [1.807, 2.05) is 69.0 Å². The van der Waals surface area contributed by atoms with E-state index >= 15 is 0 Å². The molecule has 0 spiro atoms. The molecule has 1 unspecified atom stereocenters. The SMILES string of the molecule is COC(=O)c1cccc(C(=O)N[C@@H](C(=O)N2CC=C(c3ccc(Cl)cc3)C(C)(C)C2)C(C)C)c1.COC(=O)c1cccc(C(=O)N[C@@H](C(=O)N2CCC(c3ccc(Cl)cc3)C(C)(C)C2)C(C)C)c1. The van der Waals surface area contributed by atoms with E-state index in [0.717, 1.165) is 17.6 Å². The Bertz CT molecular complexity index is 2500. The highest BCUT2D eigenvalue weighted by molar-refractivity contribution is 6.30. The summed E-state index contributed by atoms with van der Waals surface area (Å²) in [5, 5.41) is 7.16. The number of likely N-dealkylation sites (tertiary alicyclic amines) is 1. The molecular formula is C54H64Cl2N4O8. The fourth-order valence-electron chi connectivity index (χ4n) is 8.95. The Morgan fingerprint density at radius 3 is 1.49 bits per heavy atom. The number of hydrogen-bond acceptors (Lipinski definition) is 8. The van der Waals surface area contributed by atoms with Gasteiger partial charge in [0.15, 0.2) is 0 Å². The minimum atomic E-state index is -0.699. The van der Waals surface area contributed by atoms with Crippen LogP contribution in [0.1, 0.15) is 120 Å². The highest BCUT2D eigenvalue weighted by atomic mass is 35.5. The third-order valence-corrected chi connectivity index (χ3v) is 13.1. The van der Waals surface area contributed by atoms with Crippen molar-refractivity contribution in [3.63, 3.8) is 0 Å². The van der Waals surface area contributed by atoms with Gasteiger partial charge in [-0.15, -0.1) is 0 Å². The quantitative estimate of drug-likeness (QED) is 0.133. The van der Waals surface area contributed by atoms with Crippen molar-refractivity contribution in [3.05, 3.63) is 147 Å². The second-order valence-corrected chi connectivity index (χ2v) is 20.3. The molecule has 2 N–H and O–H groups in total. The molecule has 4 aromatic carbocycles. The Labute approximate surface area is 410 Å². The van der Waals surface area contributed by atoms with Gasteiger partial charge in [-0.05, 0) is 107 Å². The van der Waals surface area contributed by atoms with Crippen LogP contribution in [0.3, 0.4) is 0 Å². The molecule has 1 saturated heterocycles. The molecule has 14 heteroatoms. The lowest BCUT2D eigenvalue weighted by atomic mass is 9.70. The maximum atomic E-state index is 13.5. The molecule has 0 aliphatic carbocycles. The van der Waals surface area contributed by atoms with Gasteiger partial charge in [0.1, 0.15) is 12.1 Å². The van der Waals surface area contributed by atoms with Crippen molar-refractivity contribution in [2.45, 2.75) is 79.8 Å². The predicted molar refractivity (Wildman–Crippen MR) is 267 cm³/mol. The molecule has 1 fully saturated rings. The number of ether oxygens (including phenoxy) is 2. The summed E-state index contributed by atoms with van der Waals surface area (Å²) < 4.78 is 9.47. The first-order chi connectivity index (χ1) is 32.1. The van der Waals surface area contributed by atoms with E-state index in [4.69, 9.17) is 32.7 Å². The van der Waals surface area contributed by atoms with E-state index in [0.29, 0.717) is 53.3 Å². The first-order valence-electron chi connectivity index (χ1n) is 22.8. The predicted octanol–water partition coefficient (Wildman–Crippen LogP) is 9.76. The van der Waals surface area contributed by atoms with Gasteiger partial charge in [0.2, 0.25) is 11.8 Å². The smallest absolute Gasteiger partial charge is 0.337 e. The highest BCUT2D eigenvalue weighted by Gasteiger charge is 2.41. The van der Waals surface area contributed by atoms with E-state index < -0.39 is 35.8 Å². The molecule has 0 bridgehead atoms. The number of carbonyl (C=O) groups excluding carboxylic acids is 6. The van der Waals surface area contributed by atoms with Gasteiger partial charge in [0, 0.05) is 52.8 Å². The number of methoxy groups -OCH3 is 2. The minimum Gasteiger partial charge on any atom is -0.465 e. The van der Waals surface area contributed by atoms with Crippen molar-refractivity contribution in [2.75, 3.05) is 40.4 Å². The summed E-state index contributed by atoms with van der Waals surface area (Å²) in [5.41, 5.74) is 4.23. The van der Waals surface area contributed by atoms with Gasteiger partial charge >= 0.3 is 11.9 Å². The van der Waals surface area contributed by atoms with Crippen LogP contribution in [0.4, 0.5) is 0 Å².